The van der Waals surface area contributed by atoms with E-state index in [4.69, 9.17) is 9.47 Å². The van der Waals surface area contributed by atoms with Crippen LogP contribution in [0.3, 0.4) is 0 Å². The number of aromatic nitrogens is 1. The van der Waals surface area contributed by atoms with E-state index in [1.54, 1.807) is 20.4 Å². The fraction of sp³-hybridized carbons (Fsp3) is 0.429. The highest BCUT2D eigenvalue weighted by atomic mass is 16.5. The van der Waals surface area contributed by atoms with Gasteiger partial charge in [0, 0.05) is 19.0 Å². The number of ether oxygens (including phenoxy) is 2. The lowest BCUT2D eigenvalue weighted by Gasteiger charge is -2.30. The maximum Gasteiger partial charge on any atom is 0.227 e. The Morgan fingerprint density at radius 1 is 1.15 bits per heavy atom. The average Bonchev–Trinajstić information content (AvgIpc) is 2.65. The van der Waals surface area contributed by atoms with Crippen LogP contribution in [0.15, 0.2) is 30.5 Å². The largest absolute Gasteiger partial charge is 0.493 e. The molecule has 0 bridgehead atoms. The van der Waals surface area contributed by atoms with Crippen molar-refractivity contribution in [1.29, 1.82) is 0 Å². The summed E-state index contributed by atoms with van der Waals surface area (Å²) in [6.07, 6.45) is 5.83. The molecule has 1 fully saturated rings. The third-order valence-corrected chi connectivity index (χ3v) is 5.53. The van der Waals surface area contributed by atoms with E-state index in [1.165, 1.54) is 11.1 Å². The lowest BCUT2D eigenvalue weighted by molar-refractivity contribution is -0.122. The molecule has 2 heterocycles. The summed E-state index contributed by atoms with van der Waals surface area (Å²) in [5.41, 5.74) is 3.27. The Morgan fingerprint density at radius 2 is 1.89 bits per heavy atom. The quantitative estimate of drug-likeness (QED) is 0.877. The number of anilines is 2. The van der Waals surface area contributed by atoms with E-state index in [9.17, 15) is 4.79 Å². The zero-order valence-corrected chi connectivity index (χ0v) is 15.8. The number of nitrogens with one attached hydrogen (secondary N) is 1. The van der Waals surface area contributed by atoms with Crippen LogP contribution in [-0.4, -0.2) is 31.7 Å². The summed E-state index contributed by atoms with van der Waals surface area (Å²) in [5.74, 6) is 2.73. The van der Waals surface area contributed by atoms with Gasteiger partial charge in [0.25, 0.3) is 0 Å². The molecule has 1 aromatic heterocycles. The van der Waals surface area contributed by atoms with Gasteiger partial charge < -0.3 is 19.7 Å². The topological polar surface area (TPSA) is 63.7 Å². The molecule has 0 saturated heterocycles. The van der Waals surface area contributed by atoms with Gasteiger partial charge in [0.05, 0.1) is 26.1 Å². The summed E-state index contributed by atoms with van der Waals surface area (Å²) in [5, 5.41) is 2.97. The molecular weight excluding hydrogens is 342 g/mol. The second kappa shape index (κ2) is 7.47. The highest BCUT2D eigenvalue weighted by Gasteiger charge is 2.25. The van der Waals surface area contributed by atoms with Gasteiger partial charge in [-0.15, -0.1) is 0 Å². The van der Waals surface area contributed by atoms with Crippen molar-refractivity contribution in [3.05, 3.63) is 41.6 Å². The third kappa shape index (κ3) is 3.56. The molecule has 6 heteroatoms. The van der Waals surface area contributed by atoms with Gasteiger partial charge in [0.2, 0.25) is 5.91 Å². The number of benzene rings is 1. The summed E-state index contributed by atoms with van der Waals surface area (Å²) < 4.78 is 10.8. The first-order valence-corrected chi connectivity index (χ1v) is 9.43. The van der Waals surface area contributed by atoms with Crippen LogP contribution in [0.2, 0.25) is 0 Å². The number of hydrogen-bond acceptors (Lipinski definition) is 5. The lowest BCUT2D eigenvalue weighted by Crippen LogP contribution is -2.31. The van der Waals surface area contributed by atoms with Gasteiger partial charge in [-0.2, -0.15) is 0 Å². The summed E-state index contributed by atoms with van der Waals surface area (Å²) in [6.45, 7) is 1.67. The van der Waals surface area contributed by atoms with Crippen LogP contribution in [0.1, 0.15) is 30.4 Å². The van der Waals surface area contributed by atoms with E-state index in [-0.39, 0.29) is 11.8 Å². The Balaban J connectivity index is 1.46. The van der Waals surface area contributed by atoms with Gasteiger partial charge in [-0.05, 0) is 54.7 Å². The molecule has 0 atom stereocenters. The Labute approximate surface area is 159 Å². The highest BCUT2D eigenvalue weighted by molar-refractivity contribution is 5.92. The molecule has 0 radical (unpaired) electrons. The molecule has 142 valence electrons. The van der Waals surface area contributed by atoms with Gasteiger partial charge in [-0.1, -0.05) is 6.42 Å². The Bertz CT molecular complexity index is 831. The molecular formula is C21H25N3O3. The van der Waals surface area contributed by atoms with Crippen LogP contribution < -0.4 is 19.7 Å². The second-order valence-corrected chi connectivity index (χ2v) is 7.17. The molecule has 4 rings (SSSR count). The summed E-state index contributed by atoms with van der Waals surface area (Å²) in [6, 6.07) is 8.02. The van der Waals surface area contributed by atoms with Crippen molar-refractivity contribution >= 4 is 17.4 Å². The van der Waals surface area contributed by atoms with Crippen LogP contribution in [0.4, 0.5) is 11.5 Å². The van der Waals surface area contributed by atoms with Crippen LogP contribution in [0.5, 0.6) is 11.5 Å². The normalized spacial score (nSPS) is 16.3. The van der Waals surface area contributed by atoms with E-state index in [0.29, 0.717) is 0 Å². The van der Waals surface area contributed by atoms with E-state index in [2.05, 4.69) is 21.3 Å². The first kappa shape index (κ1) is 17.6. The lowest BCUT2D eigenvalue weighted by atomic mass is 9.85. The fourth-order valence-corrected chi connectivity index (χ4v) is 3.64. The molecule has 1 amide bonds. The van der Waals surface area contributed by atoms with Gasteiger partial charge in [-0.25, -0.2) is 4.98 Å². The van der Waals surface area contributed by atoms with E-state index >= 15 is 0 Å². The third-order valence-electron chi connectivity index (χ3n) is 5.53. The minimum Gasteiger partial charge on any atom is -0.493 e. The van der Waals surface area contributed by atoms with Crippen molar-refractivity contribution in [3.8, 4) is 11.5 Å². The minimum atomic E-state index is 0.115. The first-order chi connectivity index (χ1) is 13.2. The standard InChI is InChI=1S/C21H25N3O3/c1-26-18-10-15-8-9-24(13-16(15)11-19(18)27-2)20-7-6-17(12-22-20)23-21(25)14-4-3-5-14/h6-7,10-12,14H,3-5,8-9,13H2,1-2H3,(H,23,25). The van der Waals surface area contributed by atoms with Crippen LogP contribution >= 0.6 is 0 Å². The summed E-state index contributed by atoms with van der Waals surface area (Å²) >= 11 is 0. The molecule has 0 unspecified atom stereocenters. The van der Waals surface area contributed by atoms with Gasteiger partial charge >= 0.3 is 0 Å². The van der Waals surface area contributed by atoms with Crippen LogP contribution in [0.25, 0.3) is 0 Å². The number of fused-ring (bicyclic) bond motifs is 1. The molecule has 6 nitrogen and oxygen atoms in total. The van der Waals surface area contributed by atoms with Crippen molar-refractivity contribution in [2.45, 2.75) is 32.2 Å². The van der Waals surface area contributed by atoms with Gasteiger partial charge in [0.1, 0.15) is 5.82 Å². The number of methoxy groups -OCH3 is 2. The van der Waals surface area contributed by atoms with Crippen LogP contribution in [-0.2, 0) is 17.8 Å². The molecule has 2 aliphatic rings. The molecule has 0 spiro atoms. The zero-order chi connectivity index (χ0) is 18.8. The maximum absolute atomic E-state index is 12.1. The van der Waals surface area contributed by atoms with E-state index < -0.39 is 0 Å². The summed E-state index contributed by atoms with van der Waals surface area (Å²) in [7, 11) is 3.32. The van der Waals surface area contributed by atoms with Crippen molar-refractivity contribution in [2.24, 2.45) is 5.92 Å². The van der Waals surface area contributed by atoms with Crippen LogP contribution in [0, 0.1) is 5.92 Å². The Morgan fingerprint density at radius 3 is 2.48 bits per heavy atom. The van der Waals surface area contributed by atoms with E-state index in [1.807, 2.05) is 18.2 Å². The number of nitrogens with zero attached hydrogens (tertiary/aromatic N) is 2. The van der Waals surface area contributed by atoms with Gasteiger partial charge in [0.15, 0.2) is 11.5 Å². The fourth-order valence-electron chi connectivity index (χ4n) is 3.64. The predicted molar refractivity (Wildman–Crippen MR) is 105 cm³/mol. The van der Waals surface area contributed by atoms with E-state index in [0.717, 1.165) is 61.8 Å². The first-order valence-electron chi connectivity index (χ1n) is 9.43. The molecule has 1 N–H and O–H groups in total. The highest BCUT2D eigenvalue weighted by Crippen LogP contribution is 2.34. The maximum atomic E-state index is 12.1. The molecule has 27 heavy (non-hydrogen) atoms. The molecule has 1 aliphatic carbocycles. The van der Waals surface area contributed by atoms with Crippen molar-refractivity contribution in [3.63, 3.8) is 0 Å². The van der Waals surface area contributed by atoms with Crippen molar-refractivity contribution in [2.75, 3.05) is 31.0 Å². The number of carbonyl (C=O) groups is 1. The Kier molecular flexibility index (Phi) is 4.88. The smallest absolute Gasteiger partial charge is 0.227 e. The SMILES string of the molecule is COc1cc2c(cc1OC)CN(c1ccc(NC(=O)C3CCC3)cn1)CC2. The molecule has 1 aromatic carbocycles. The number of pyridine rings is 1. The average molecular weight is 367 g/mol. The second-order valence-electron chi connectivity index (χ2n) is 7.17. The number of hydrogen-bond donors (Lipinski definition) is 1. The number of amides is 1. The monoisotopic (exact) mass is 367 g/mol. The van der Waals surface area contributed by atoms with Crippen molar-refractivity contribution < 1.29 is 14.3 Å². The number of rotatable bonds is 5. The molecule has 1 aliphatic heterocycles. The predicted octanol–water partition coefficient (Wildman–Crippen LogP) is 3.40. The van der Waals surface area contributed by atoms with Crippen molar-refractivity contribution in [1.82, 2.24) is 4.98 Å². The minimum absolute atomic E-state index is 0.115. The summed E-state index contributed by atoms with van der Waals surface area (Å²) in [4.78, 5) is 18.9. The number of carbonyl (C=O) groups excluding carboxylic acids is 1. The molecule has 1 saturated carbocycles. The zero-order valence-electron chi connectivity index (χ0n) is 15.8. The Hall–Kier alpha value is -2.76. The molecule has 2 aromatic rings. The van der Waals surface area contributed by atoms with Gasteiger partial charge in [-0.3, -0.25) is 4.79 Å².